The molecule has 0 aliphatic carbocycles. The number of aliphatic imine (C=N–C) groups is 1. The Labute approximate surface area is 111 Å². The molecule has 0 unspecified atom stereocenters. The number of amidine groups is 1. The van der Waals surface area contributed by atoms with Gasteiger partial charge in [-0.15, -0.1) is 0 Å². The molecule has 0 aromatic carbocycles. The smallest absolute Gasteiger partial charge is 0.376 e. The van der Waals surface area contributed by atoms with Crippen molar-refractivity contribution in [2.75, 3.05) is 20.8 Å². The van der Waals surface area contributed by atoms with E-state index in [1.807, 2.05) is 0 Å². The molecular weight excluding hydrogens is 252 g/mol. The van der Waals surface area contributed by atoms with Gasteiger partial charge in [0, 0.05) is 13.0 Å². The van der Waals surface area contributed by atoms with Gasteiger partial charge in [-0.1, -0.05) is 6.42 Å². The van der Waals surface area contributed by atoms with Crippen LogP contribution >= 0.6 is 0 Å². The van der Waals surface area contributed by atoms with Gasteiger partial charge < -0.3 is 14.3 Å². The van der Waals surface area contributed by atoms with Gasteiger partial charge >= 0.3 is 11.9 Å². The number of rotatable bonds is 4. The predicted octanol–water partition coefficient (Wildman–Crippen LogP) is 0.710. The van der Waals surface area contributed by atoms with Gasteiger partial charge in [0.2, 0.25) is 5.76 Å². The van der Waals surface area contributed by atoms with E-state index in [9.17, 15) is 9.59 Å². The molecule has 106 valence electrons. The Bertz CT molecular complexity index is 390. The molecule has 1 aliphatic rings. The molecule has 0 radical (unpaired) electrons. The molecule has 1 N–H and O–H groups in total. The van der Waals surface area contributed by atoms with E-state index in [2.05, 4.69) is 19.9 Å². The first kappa shape index (κ1) is 15.0. The topological polar surface area (TPSA) is 86.2 Å². The quantitative estimate of drug-likeness (QED) is 0.350. The highest BCUT2D eigenvalue weighted by atomic mass is 16.7. The van der Waals surface area contributed by atoms with Gasteiger partial charge in [0.1, 0.15) is 5.84 Å². The fourth-order valence-corrected chi connectivity index (χ4v) is 1.47. The summed E-state index contributed by atoms with van der Waals surface area (Å²) in [6.45, 7) is 0.722. The first-order chi connectivity index (χ1) is 9.17. The first-order valence-corrected chi connectivity index (χ1v) is 6.01. The zero-order valence-corrected chi connectivity index (χ0v) is 11.1. The van der Waals surface area contributed by atoms with E-state index in [1.165, 1.54) is 14.2 Å². The Kier molecular flexibility index (Phi) is 6.42. The number of nitrogens with zero attached hydrogens (tertiary/aromatic N) is 1. The standard InChI is InChI=1S/C12H18N2O5/c1-17-11(15)8-9(12(16)18-2)19-14-10-6-4-3-5-7-13-10/h8H,3-7H2,1-2H3,(H,13,14). The van der Waals surface area contributed by atoms with Crippen LogP contribution in [0.25, 0.3) is 0 Å². The zero-order chi connectivity index (χ0) is 14.1. The third-order valence-corrected chi connectivity index (χ3v) is 2.49. The van der Waals surface area contributed by atoms with E-state index in [4.69, 9.17) is 4.84 Å². The highest BCUT2D eigenvalue weighted by Crippen LogP contribution is 2.07. The molecule has 0 aromatic rings. The molecule has 7 nitrogen and oxygen atoms in total. The van der Waals surface area contributed by atoms with Crippen molar-refractivity contribution in [1.29, 1.82) is 0 Å². The predicted molar refractivity (Wildman–Crippen MR) is 67.1 cm³/mol. The average Bonchev–Trinajstić information content (AvgIpc) is 2.70. The SMILES string of the molecule is COC(=O)C=C(ONC1=NCCCCC1)C(=O)OC. The number of nitrogens with one attached hydrogen (secondary N) is 1. The van der Waals surface area contributed by atoms with Crippen molar-refractivity contribution in [3.8, 4) is 0 Å². The van der Waals surface area contributed by atoms with Crippen LogP contribution in [0.3, 0.4) is 0 Å². The van der Waals surface area contributed by atoms with E-state index in [0.29, 0.717) is 5.84 Å². The second-order valence-electron chi connectivity index (χ2n) is 3.87. The molecular formula is C12H18N2O5. The number of hydrogen-bond acceptors (Lipinski definition) is 7. The van der Waals surface area contributed by atoms with Gasteiger partial charge in [0.15, 0.2) is 0 Å². The minimum absolute atomic E-state index is 0.277. The summed E-state index contributed by atoms with van der Waals surface area (Å²) in [5, 5.41) is 0. The third kappa shape index (κ3) is 5.41. The maximum atomic E-state index is 11.4. The molecule has 0 atom stereocenters. The van der Waals surface area contributed by atoms with Gasteiger partial charge in [0.05, 0.1) is 20.3 Å². The summed E-state index contributed by atoms with van der Waals surface area (Å²) in [4.78, 5) is 31.8. The van der Waals surface area contributed by atoms with Crippen LogP contribution in [-0.2, 0) is 23.9 Å². The Hall–Kier alpha value is -2.05. The molecule has 0 saturated carbocycles. The van der Waals surface area contributed by atoms with Gasteiger partial charge in [-0.3, -0.25) is 4.99 Å². The van der Waals surface area contributed by atoms with Crippen LogP contribution in [0.5, 0.6) is 0 Å². The summed E-state index contributed by atoms with van der Waals surface area (Å²) in [7, 11) is 2.40. The van der Waals surface area contributed by atoms with Crippen LogP contribution in [0.2, 0.25) is 0 Å². The fourth-order valence-electron chi connectivity index (χ4n) is 1.47. The molecule has 1 heterocycles. The number of methoxy groups -OCH3 is 2. The fraction of sp³-hybridized carbons (Fsp3) is 0.583. The normalized spacial score (nSPS) is 15.9. The monoisotopic (exact) mass is 270 g/mol. The van der Waals surface area contributed by atoms with Crippen molar-refractivity contribution in [2.45, 2.75) is 25.7 Å². The van der Waals surface area contributed by atoms with Crippen molar-refractivity contribution in [1.82, 2.24) is 5.48 Å². The van der Waals surface area contributed by atoms with Crippen molar-refractivity contribution in [3.05, 3.63) is 11.8 Å². The molecule has 0 amide bonds. The van der Waals surface area contributed by atoms with Gasteiger partial charge in [-0.25, -0.2) is 15.1 Å². The summed E-state index contributed by atoms with van der Waals surface area (Å²) in [5.41, 5.74) is 2.58. The molecule has 0 saturated heterocycles. The largest absolute Gasteiger partial charge is 0.466 e. The molecule has 19 heavy (non-hydrogen) atoms. The van der Waals surface area contributed by atoms with Crippen LogP contribution in [-0.4, -0.2) is 38.5 Å². The van der Waals surface area contributed by atoms with Crippen LogP contribution < -0.4 is 5.48 Å². The van der Waals surface area contributed by atoms with Gasteiger partial charge in [-0.05, 0) is 12.8 Å². The summed E-state index contributed by atoms with van der Waals surface area (Å²) >= 11 is 0. The Morgan fingerprint density at radius 1 is 1.21 bits per heavy atom. The van der Waals surface area contributed by atoms with Gasteiger partial charge in [0.25, 0.3) is 0 Å². The number of esters is 2. The first-order valence-electron chi connectivity index (χ1n) is 6.01. The maximum absolute atomic E-state index is 11.4. The summed E-state index contributed by atoms with van der Waals surface area (Å²) in [6.07, 6.45) is 4.80. The van der Waals surface area contributed by atoms with E-state index in [1.54, 1.807) is 0 Å². The van der Waals surface area contributed by atoms with E-state index < -0.39 is 11.9 Å². The molecule has 1 rings (SSSR count). The number of hydrogen-bond donors (Lipinski definition) is 1. The minimum atomic E-state index is -0.771. The van der Waals surface area contributed by atoms with Crippen molar-refractivity contribution < 1.29 is 23.9 Å². The Morgan fingerprint density at radius 3 is 2.68 bits per heavy atom. The zero-order valence-electron chi connectivity index (χ0n) is 11.1. The van der Waals surface area contributed by atoms with Crippen molar-refractivity contribution in [2.24, 2.45) is 4.99 Å². The lowest BCUT2D eigenvalue weighted by Crippen LogP contribution is -2.26. The second kappa shape index (κ2) is 8.12. The highest BCUT2D eigenvalue weighted by molar-refractivity contribution is 5.94. The van der Waals surface area contributed by atoms with E-state index in [-0.39, 0.29) is 5.76 Å². The van der Waals surface area contributed by atoms with Crippen molar-refractivity contribution >= 4 is 17.8 Å². The number of carbonyl (C=O) groups excluding carboxylic acids is 2. The van der Waals surface area contributed by atoms with Crippen LogP contribution in [0.4, 0.5) is 0 Å². The highest BCUT2D eigenvalue weighted by Gasteiger charge is 2.16. The lowest BCUT2D eigenvalue weighted by atomic mass is 10.2. The maximum Gasteiger partial charge on any atom is 0.376 e. The average molecular weight is 270 g/mol. The van der Waals surface area contributed by atoms with Crippen molar-refractivity contribution in [3.63, 3.8) is 0 Å². The molecule has 0 bridgehead atoms. The molecule has 0 spiro atoms. The van der Waals surface area contributed by atoms with Crippen LogP contribution in [0.15, 0.2) is 16.8 Å². The summed E-state index contributed by atoms with van der Waals surface area (Å²) in [5.74, 6) is -1.10. The second-order valence-corrected chi connectivity index (χ2v) is 3.87. The molecule has 0 aromatic heterocycles. The van der Waals surface area contributed by atoms with E-state index in [0.717, 1.165) is 38.3 Å². The summed E-state index contributed by atoms with van der Waals surface area (Å²) in [6, 6.07) is 0. The molecule has 7 heteroatoms. The van der Waals surface area contributed by atoms with Crippen LogP contribution in [0, 0.1) is 0 Å². The Morgan fingerprint density at radius 2 is 2.00 bits per heavy atom. The number of carbonyl (C=O) groups is 2. The van der Waals surface area contributed by atoms with Crippen LogP contribution in [0.1, 0.15) is 25.7 Å². The van der Waals surface area contributed by atoms with E-state index >= 15 is 0 Å². The Balaban J connectivity index is 2.62. The van der Waals surface area contributed by atoms with Gasteiger partial charge in [-0.2, -0.15) is 0 Å². The third-order valence-electron chi connectivity index (χ3n) is 2.49. The lowest BCUT2D eigenvalue weighted by molar-refractivity contribution is -0.142. The molecule has 0 fully saturated rings. The lowest BCUT2D eigenvalue weighted by Gasteiger charge is -2.10. The summed E-state index contributed by atoms with van der Waals surface area (Å²) < 4.78 is 8.93. The molecule has 1 aliphatic heterocycles. The number of ether oxygens (including phenoxy) is 2. The minimum Gasteiger partial charge on any atom is -0.466 e. The number of hydroxylamine groups is 1.